The predicted molar refractivity (Wildman–Crippen MR) is 116 cm³/mol. The summed E-state index contributed by atoms with van der Waals surface area (Å²) in [5.74, 6) is 0. The molecule has 0 amide bonds. The first-order valence-corrected chi connectivity index (χ1v) is 11.6. The first-order valence-electron chi connectivity index (χ1n) is 11.6. The molecule has 2 aliphatic heterocycles. The summed E-state index contributed by atoms with van der Waals surface area (Å²) in [4.78, 5) is 5.43. The van der Waals surface area contributed by atoms with Gasteiger partial charge in [0, 0.05) is 63.4 Å². The van der Waals surface area contributed by atoms with Crippen molar-refractivity contribution in [2.75, 3.05) is 44.3 Å². The van der Waals surface area contributed by atoms with Gasteiger partial charge in [-0.25, -0.2) is 0 Å². The molecule has 28 heavy (non-hydrogen) atoms. The van der Waals surface area contributed by atoms with Crippen molar-refractivity contribution in [3.05, 3.63) is 36.0 Å². The van der Waals surface area contributed by atoms with Gasteiger partial charge in [-0.15, -0.1) is 0 Å². The maximum atomic E-state index is 3.32. The van der Waals surface area contributed by atoms with E-state index in [1.54, 1.807) is 0 Å². The van der Waals surface area contributed by atoms with Gasteiger partial charge in [-0.3, -0.25) is 14.5 Å². The van der Waals surface area contributed by atoms with Crippen LogP contribution in [0.2, 0.25) is 0 Å². The monoisotopic (exact) mass is 379 g/mol. The van der Waals surface area contributed by atoms with Crippen molar-refractivity contribution in [1.82, 2.24) is 14.5 Å². The molecule has 1 aliphatic carbocycles. The van der Waals surface area contributed by atoms with Crippen molar-refractivity contribution in [2.45, 2.75) is 64.0 Å². The highest BCUT2D eigenvalue weighted by Gasteiger charge is 2.26. The normalized spacial score (nSPS) is 23.5. The van der Waals surface area contributed by atoms with Crippen molar-refractivity contribution in [1.29, 1.82) is 0 Å². The van der Waals surface area contributed by atoms with Gasteiger partial charge >= 0.3 is 0 Å². The van der Waals surface area contributed by atoms with Crippen molar-refractivity contribution < 1.29 is 0 Å². The third-order valence-electron chi connectivity index (χ3n) is 7.24. The Balaban J connectivity index is 1.30. The SMILES string of the molecule is [c]1ccc2c(CN3CCN(C4CCCC4)CC3)cn(N3CCCCCC3)c2c1. The summed E-state index contributed by atoms with van der Waals surface area (Å²) < 4.78 is 2.45. The molecule has 0 unspecified atom stereocenters. The minimum Gasteiger partial charge on any atom is -0.313 e. The second-order valence-corrected chi connectivity index (χ2v) is 9.06. The van der Waals surface area contributed by atoms with Crippen LogP contribution in [0.5, 0.6) is 0 Å². The second kappa shape index (κ2) is 8.46. The minimum atomic E-state index is 0.877. The number of rotatable bonds is 4. The molecule has 5 rings (SSSR count). The summed E-state index contributed by atoms with van der Waals surface area (Å²) >= 11 is 0. The molecule has 0 bridgehead atoms. The van der Waals surface area contributed by atoms with E-state index < -0.39 is 0 Å². The molecule has 1 radical (unpaired) electrons. The molecule has 1 saturated carbocycles. The lowest BCUT2D eigenvalue weighted by Crippen LogP contribution is -2.49. The first kappa shape index (κ1) is 18.5. The second-order valence-electron chi connectivity index (χ2n) is 9.06. The summed E-state index contributed by atoms with van der Waals surface area (Å²) in [5.41, 5.74) is 2.83. The average molecular weight is 380 g/mol. The maximum Gasteiger partial charge on any atom is 0.0704 e. The van der Waals surface area contributed by atoms with Gasteiger partial charge in [0.15, 0.2) is 0 Å². The summed E-state index contributed by atoms with van der Waals surface area (Å²) in [6.07, 6.45) is 13.5. The van der Waals surface area contributed by atoms with Crippen LogP contribution < -0.4 is 5.01 Å². The maximum absolute atomic E-state index is 3.32. The van der Waals surface area contributed by atoms with E-state index in [1.807, 2.05) is 0 Å². The largest absolute Gasteiger partial charge is 0.313 e. The molecule has 3 fully saturated rings. The van der Waals surface area contributed by atoms with E-state index in [0.29, 0.717) is 0 Å². The molecule has 4 nitrogen and oxygen atoms in total. The Hall–Kier alpha value is -1.52. The molecule has 151 valence electrons. The van der Waals surface area contributed by atoms with E-state index >= 15 is 0 Å². The predicted octanol–water partition coefficient (Wildman–Crippen LogP) is 4.01. The highest BCUT2D eigenvalue weighted by Crippen LogP contribution is 2.27. The van der Waals surface area contributed by atoms with E-state index in [4.69, 9.17) is 0 Å². The number of fused-ring (bicyclic) bond motifs is 1. The molecule has 2 aromatic rings. The Kier molecular flexibility index (Phi) is 5.59. The minimum absolute atomic E-state index is 0.877. The molecule has 0 spiro atoms. The quantitative estimate of drug-likeness (QED) is 0.798. The molecule has 2 saturated heterocycles. The Morgan fingerprint density at radius 1 is 0.857 bits per heavy atom. The van der Waals surface area contributed by atoms with Crippen molar-refractivity contribution >= 4 is 10.9 Å². The van der Waals surface area contributed by atoms with Gasteiger partial charge in [0.25, 0.3) is 0 Å². The van der Waals surface area contributed by atoms with Crippen LogP contribution in [0.25, 0.3) is 10.9 Å². The van der Waals surface area contributed by atoms with Crippen LogP contribution in [0.3, 0.4) is 0 Å². The standard InChI is InChI=1S/C24H35N4/c1-2-8-14-27(13-7-1)28-20-21(23-11-5-6-12-24(23)28)19-25-15-17-26(18-16-25)22-9-3-4-10-22/h5,11-12,20,22H,1-4,7-10,13-19H2. The van der Waals surface area contributed by atoms with Crippen molar-refractivity contribution in [3.8, 4) is 0 Å². The van der Waals surface area contributed by atoms with Crippen LogP contribution in [-0.4, -0.2) is 59.8 Å². The van der Waals surface area contributed by atoms with E-state index in [2.05, 4.69) is 49.9 Å². The third kappa shape index (κ3) is 3.81. The van der Waals surface area contributed by atoms with E-state index in [-0.39, 0.29) is 0 Å². The lowest BCUT2D eigenvalue weighted by molar-refractivity contribution is 0.0939. The highest BCUT2D eigenvalue weighted by molar-refractivity contribution is 5.84. The van der Waals surface area contributed by atoms with E-state index in [0.717, 1.165) is 12.6 Å². The lowest BCUT2D eigenvalue weighted by Gasteiger charge is -2.38. The lowest BCUT2D eigenvalue weighted by atomic mass is 10.1. The van der Waals surface area contributed by atoms with Gasteiger partial charge in [0.2, 0.25) is 0 Å². The van der Waals surface area contributed by atoms with Gasteiger partial charge in [-0.2, -0.15) is 0 Å². The Labute approximate surface area is 170 Å². The number of aromatic nitrogens is 1. The Bertz CT molecular complexity index is 760. The summed E-state index contributed by atoms with van der Waals surface area (Å²) in [5, 5.41) is 3.98. The van der Waals surface area contributed by atoms with Gasteiger partial charge in [-0.1, -0.05) is 37.8 Å². The number of hydrogen-bond acceptors (Lipinski definition) is 3. The first-order chi connectivity index (χ1) is 13.9. The van der Waals surface area contributed by atoms with Gasteiger partial charge < -0.3 is 5.01 Å². The van der Waals surface area contributed by atoms with Crippen molar-refractivity contribution in [3.63, 3.8) is 0 Å². The number of nitrogens with zero attached hydrogens (tertiary/aromatic N) is 4. The third-order valence-corrected chi connectivity index (χ3v) is 7.24. The Morgan fingerprint density at radius 3 is 2.36 bits per heavy atom. The molecule has 3 aliphatic rings. The number of benzene rings is 1. The summed E-state index contributed by atoms with van der Waals surface area (Å²) in [6, 6.07) is 10.7. The smallest absolute Gasteiger partial charge is 0.0704 e. The van der Waals surface area contributed by atoms with Crippen LogP contribution >= 0.6 is 0 Å². The van der Waals surface area contributed by atoms with Gasteiger partial charge in [0.05, 0.1) is 5.52 Å². The van der Waals surface area contributed by atoms with Crippen LogP contribution in [0.15, 0.2) is 24.4 Å². The molecule has 1 aromatic heterocycles. The molecule has 3 heterocycles. The van der Waals surface area contributed by atoms with Gasteiger partial charge in [-0.05, 0) is 43.4 Å². The molecule has 1 aromatic carbocycles. The number of hydrogen-bond donors (Lipinski definition) is 0. The molecular weight excluding hydrogens is 344 g/mol. The zero-order valence-corrected chi connectivity index (χ0v) is 17.3. The van der Waals surface area contributed by atoms with Crippen LogP contribution in [-0.2, 0) is 6.54 Å². The van der Waals surface area contributed by atoms with Crippen LogP contribution in [0.4, 0.5) is 0 Å². The fourth-order valence-corrected chi connectivity index (χ4v) is 5.60. The molecule has 0 atom stereocenters. The van der Waals surface area contributed by atoms with Crippen LogP contribution in [0, 0.1) is 6.07 Å². The van der Waals surface area contributed by atoms with Crippen LogP contribution in [0.1, 0.15) is 56.9 Å². The summed E-state index contributed by atoms with van der Waals surface area (Å²) in [7, 11) is 0. The number of piperazine rings is 1. The fraction of sp³-hybridized carbons (Fsp3) is 0.667. The molecule has 4 heteroatoms. The topological polar surface area (TPSA) is 14.7 Å². The molecule has 0 N–H and O–H groups in total. The summed E-state index contributed by atoms with van der Waals surface area (Å²) in [6.45, 7) is 8.38. The van der Waals surface area contributed by atoms with E-state index in [1.165, 1.54) is 107 Å². The van der Waals surface area contributed by atoms with Gasteiger partial charge in [0.1, 0.15) is 0 Å². The van der Waals surface area contributed by atoms with Crippen molar-refractivity contribution in [2.24, 2.45) is 0 Å². The Morgan fingerprint density at radius 2 is 1.61 bits per heavy atom. The zero-order chi connectivity index (χ0) is 18.8. The molecular formula is C24H35N4. The highest BCUT2D eigenvalue weighted by atomic mass is 15.5. The average Bonchev–Trinajstić information content (AvgIpc) is 3.31. The van der Waals surface area contributed by atoms with E-state index in [9.17, 15) is 0 Å². The zero-order valence-electron chi connectivity index (χ0n) is 17.3. The fourth-order valence-electron chi connectivity index (χ4n) is 5.60.